The molecule has 0 radical (unpaired) electrons. The number of phenolic OH excluding ortho intramolecular Hbond substituents is 1. The first kappa shape index (κ1) is 14.8. The van der Waals surface area contributed by atoms with E-state index in [2.05, 4.69) is 31.1 Å². The summed E-state index contributed by atoms with van der Waals surface area (Å²) in [5, 5.41) is 13.6. The number of hydrogen-bond donors (Lipinski definition) is 2. The molecule has 0 amide bonds. The van der Waals surface area contributed by atoms with Crippen molar-refractivity contribution in [3.05, 3.63) is 22.2 Å². The fourth-order valence-corrected chi connectivity index (χ4v) is 3.09. The van der Waals surface area contributed by atoms with Crippen LogP contribution in [-0.4, -0.2) is 35.7 Å². The molecule has 1 fully saturated rings. The lowest BCUT2D eigenvalue weighted by molar-refractivity contribution is 0.145. The number of nitrogens with one attached hydrogen (secondary N) is 1. The number of hydrogen-bond acceptors (Lipinski definition) is 3. The standard InChI is InChI=1S/C14H20Cl2N2O/c1-8-7-18(3)9(2)4-13(8)17-10-5-11(15)14(19)12(16)6-10/h5-6,8-9,13,17,19H,4,7H2,1-3H3. The third-order valence-corrected chi connectivity index (χ3v) is 4.56. The Kier molecular flexibility index (Phi) is 4.49. The third-order valence-electron chi connectivity index (χ3n) is 3.98. The van der Waals surface area contributed by atoms with Crippen LogP contribution in [0.1, 0.15) is 20.3 Å². The number of nitrogens with zero attached hydrogens (tertiary/aromatic N) is 1. The van der Waals surface area contributed by atoms with Crippen molar-refractivity contribution in [3.63, 3.8) is 0 Å². The van der Waals surface area contributed by atoms with Gasteiger partial charge in [0.1, 0.15) is 0 Å². The van der Waals surface area contributed by atoms with Crippen LogP contribution in [0.4, 0.5) is 5.69 Å². The molecule has 1 aromatic rings. The number of halogens is 2. The predicted molar refractivity (Wildman–Crippen MR) is 81.4 cm³/mol. The average Bonchev–Trinajstić information content (AvgIpc) is 2.33. The topological polar surface area (TPSA) is 35.5 Å². The largest absolute Gasteiger partial charge is 0.505 e. The Morgan fingerprint density at radius 1 is 1.26 bits per heavy atom. The molecule has 3 nitrogen and oxygen atoms in total. The van der Waals surface area contributed by atoms with Gasteiger partial charge in [0, 0.05) is 24.3 Å². The normalized spacial score (nSPS) is 28.4. The number of anilines is 1. The minimum absolute atomic E-state index is 0.0568. The van der Waals surface area contributed by atoms with Gasteiger partial charge in [0.15, 0.2) is 5.75 Å². The number of phenols is 1. The Balaban J connectivity index is 2.13. The quantitative estimate of drug-likeness (QED) is 0.815. The highest BCUT2D eigenvalue weighted by Gasteiger charge is 2.28. The average molecular weight is 303 g/mol. The van der Waals surface area contributed by atoms with Crippen LogP contribution in [0.15, 0.2) is 12.1 Å². The molecule has 5 heteroatoms. The Morgan fingerprint density at radius 2 is 1.84 bits per heavy atom. The molecule has 0 bridgehead atoms. The maximum atomic E-state index is 9.57. The molecule has 1 saturated heterocycles. The minimum Gasteiger partial charge on any atom is -0.505 e. The van der Waals surface area contributed by atoms with Gasteiger partial charge < -0.3 is 15.3 Å². The van der Waals surface area contributed by atoms with E-state index < -0.39 is 0 Å². The molecule has 2 rings (SSSR count). The molecule has 0 aliphatic carbocycles. The summed E-state index contributed by atoms with van der Waals surface area (Å²) in [6, 6.07) is 4.39. The van der Waals surface area contributed by atoms with E-state index in [1.54, 1.807) is 12.1 Å². The molecule has 3 unspecified atom stereocenters. The zero-order valence-electron chi connectivity index (χ0n) is 11.5. The van der Waals surface area contributed by atoms with E-state index in [-0.39, 0.29) is 15.8 Å². The first-order chi connectivity index (χ1) is 8.88. The van der Waals surface area contributed by atoms with E-state index in [4.69, 9.17) is 23.2 Å². The smallest absolute Gasteiger partial charge is 0.152 e. The van der Waals surface area contributed by atoms with E-state index >= 15 is 0 Å². The van der Waals surface area contributed by atoms with Gasteiger partial charge in [0.25, 0.3) is 0 Å². The van der Waals surface area contributed by atoms with Gasteiger partial charge in [-0.2, -0.15) is 0 Å². The van der Waals surface area contributed by atoms with Crippen LogP contribution in [0, 0.1) is 5.92 Å². The second-order valence-corrected chi connectivity index (χ2v) is 6.36. The summed E-state index contributed by atoms with van der Waals surface area (Å²) in [5.41, 5.74) is 0.862. The van der Waals surface area contributed by atoms with Crippen molar-refractivity contribution in [2.75, 3.05) is 18.9 Å². The summed E-state index contributed by atoms with van der Waals surface area (Å²) in [4.78, 5) is 2.37. The number of likely N-dealkylation sites (tertiary alicyclic amines) is 1. The van der Waals surface area contributed by atoms with Crippen molar-refractivity contribution in [1.29, 1.82) is 0 Å². The summed E-state index contributed by atoms with van der Waals surface area (Å²) in [6.45, 7) is 5.54. The molecular weight excluding hydrogens is 283 g/mol. The molecule has 1 heterocycles. The van der Waals surface area contributed by atoms with Crippen molar-refractivity contribution < 1.29 is 5.11 Å². The lowest BCUT2D eigenvalue weighted by Crippen LogP contribution is -2.48. The number of piperidine rings is 1. The van der Waals surface area contributed by atoms with E-state index in [0.29, 0.717) is 18.0 Å². The molecule has 0 saturated carbocycles. The number of aromatic hydroxyl groups is 1. The summed E-state index contributed by atoms with van der Waals surface area (Å²) >= 11 is 11.9. The van der Waals surface area contributed by atoms with Gasteiger partial charge in [-0.25, -0.2) is 0 Å². The highest BCUT2D eigenvalue weighted by Crippen LogP contribution is 2.35. The Morgan fingerprint density at radius 3 is 2.42 bits per heavy atom. The van der Waals surface area contributed by atoms with Gasteiger partial charge >= 0.3 is 0 Å². The van der Waals surface area contributed by atoms with Crippen LogP contribution in [0.25, 0.3) is 0 Å². The molecule has 0 spiro atoms. The summed E-state index contributed by atoms with van der Waals surface area (Å²) in [7, 11) is 2.16. The van der Waals surface area contributed by atoms with E-state index in [1.165, 1.54) is 0 Å². The van der Waals surface area contributed by atoms with E-state index in [9.17, 15) is 5.11 Å². The highest BCUT2D eigenvalue weighted by atomic mass is 35.5. The molecule has 1 aliphatic rings. The predicted octanol–water partition coefficient (Wildman–Crippen LogP) is 3.84. The lowest BCUT2D eigenvalue weighted by Gasteiger charge is -2.40. The molecule has 2 N–H and O–H groups in total. The molecule has 3 atom stereocenters. The summed E-state index contributed by atoms with van der Waals surface area (Å²) < 4.78 is 0. The summed E-state index contributed by atoms with van der Waals surface area (Å²) in [6.07, 6.45) is 1.08. The molecule has 1 aliphatic heterocycles. The van der Waals surface area contributed by atoms with Crippen LogP contribution in [0.3, 0.4) is 0 Å². The van der Waals surface area contributed by atoms with Crippen LogP contribution in [-0.2, 0) is 0 Å². The van der Waals surface area contributed by atoms with Crippen LogP contribution in [0.2, 0.25) is 10.0 Å². The second-order valence-electron chi connectivity index (χ2n) is 5.54. The fraction of sp³-hybridized carbons (Fsp3) is 0.571. The van der Waals surface area contributed by atoms with Crippen molar-refractivity contribution in [2.24, 2.45) is 5.92 Å². The highest BCUT2D eigenvalue weighted by molar-refractivity contribution is 6.37. The van der Waals surface area contributed by atoms with Crippen molar-refractivity contribution >= 4 is 28.9 Å². The maximum absolute atomic E-state index is 9.57. The van der Waals surface area contributed by atoms with Gasteiger partial charge in [-0.3, -0.25) is 0 Å². The zero-order chi connectivity index (χ0) is 14.2. The van der Waals surface area contributed by atoms with Crippen LogP contribution >= 0.6 is 23.2 Å². The SMILES string of the molecule is CC1CN(C)C(C)CC1Nc1cc(Cl)c(O)c(Cl)c1. The first-order valence-electron chi connectivity index (χ1n) is 6.53. The molecule has 19 heavy (non-hydrogen) atoms. The molecular formula is C14H20Cl2N2O. The monoisotopic (exact) mass is 302 g/mol. The molecule has 106 valence electrons. The third kappa shape index (κ3) is 3.28. The van der Waals surface area contributed by atoms with Gasteiger partial charge in [-0.15, -0.1) is 0 Å². The van der Waals surface area contributed by atoms with Crippen molar-refractivity contribution in [3.8, 4) is 5.75 Å². The summed E-state index contributed by atoms with van der Waals surface area (Å²) in [5.74, 6) is 0.492. The Labute approximate surface area is 124 Å². The van der Waals surface area contributed by atoms with Crippen LogP contribution < -0.4 is 5.32 Å². The van der Waals surface area contributed by atoms with E-state index in [0.717, 1.165) is 18.7 Å². The second kappa shape index (κ2) is 5.78. The number of benzene rings is 1. The fourth-order valence-electron chi connectivity index (χ4n) is 2.61. The maximum Gasteiger partial charge on any atom is 0.152 e. The van der Waals surface area contributed by atoms with Crippen LogP contribution in [0.5, 0.6) is 5.75 Å². The van der Waals surface area contributed by atoms with Gasteiger partial charge in [0.2, 0.25) is 0 Å². The van der Waals surface area contributed by atoms with E-state index in [1.807, 2.05) is 0 Å². The lowest BCUT2D eigenvalue weighted by atomic mass is 9.89. The molecule has 0 aromatic heterocycles. The minimum atomic E-state index is -0.0568. The van der Waals surface area contributed by atoms with Crippen molar-refractivity contribution in [1.82, 2.24) is 4.90 Å². The Bertz CT molecular complexity index is 444. The first-order valence-corrected chi connectivity index (χ1v) is 7.29. The zero-order valence-corrected chi connectivity index (χ0v) is 13.0. The van der Waals surface area contributed by atoms with Gasteiger partial charge in [-0.1, -0.05) is 30.1 Å². The van der Waals surface area contributed by atoms with Crippen molar-refractivity contribution in [2.45, 2.75) is 32.4 Å². The molecule has 1 aromatic carbocycles. The number of rotatable bonds is 2. The van der Waals surface area contributed by atoms with Gasteiger partial charge in [0.05, 0.1) is 10.0 Å². The van der Waals surface area contributed by atoms with Gasteiger partial charge in [-0.05, 0) is 38.4 Å². The Hall–Kier alpha value is -0.640.